The summed E-state index contributed by atoms with van der Waals surface area (Å²) in [6.45, 7) is 10.4. The van der Waals surface area contributed by atoms with E-state index in [2.05, 4.69) is 10.6 Å². The summed E-state index contributed by atoms with van der Waals surface area (Å²) in [5.41, 5.74) is 1.90. The SMILES string of the molecule is CCN1C(=O)NC(c2cccc(Oc3ccccc3)c2)C2=C1CN(C(CC(C)C)C(=O)NC(C)C)C2=O. The third-order valence-corrected chi connectivity index (χ3v) is 6.54. The quantitative estimate of drug-likeness (QED) is 0.522. The van der Waals surface area contributed by atoms with Crippen LogP contribution < -0.4 is 15.4 Å². The molecule has 0 radical (unpaired) electrons. The first kappa shape index (κ1) is 26.3. The molecule has 4 amide bonds. The molecule has 0 spiro atoms. The first-order chi connectivity index (χ1) is 17.7. The zero-order valence-corrected chi connectivity index (χ0v) is 22.2. The summed E-state index contributed by atoms with van der Waals surface area (Å²) in [5.74, 6) is 1.11. The maximum absolute atomic E-state index is 14.0. The van der Waals surface area contributed by atoms with Crippen molar-refractivity contribution in [3.8, 4) is 11.5 Å². The smallest absolute Gasteiger partial charge is 0.322 e. The second-order valence-electron chi connectivity index (χ2n) is 10.2. The van der Waals surface area contributed by atoms with Crippen LogP contribution in [0.4, 0.5) is 4.79 Å². The van der Waals surface area contributed by atoms with Gasteiger partial charge in [0.2, 0.25) is 5.91 Å². The van der Waals surface area contributed by atoms with Gasteiger partial charge in [-0.25, -0.2) is 4.79 Å². The predicted molar refractivity (Wildman–Crippen MR) is 142 cm³/mol. The second kappa shape index (κ2) is 11.1. The highest BCUT2D eigenvalue weighted by molar-refractivity contribution is 6.03. The molecule has 0 saturated carbocycles. The fourth-order valence-electron chi connectivity index (χ4n) is 4.93. The van der Waals surface area contributed by atoms with Gasteiger partial charge in [-0.15, -0.1) is 0 Å². The van der Waals surface area contributed by atoms with Crippen LogP contribution in [0.5, 0.6) is 11.5 Å². The first-order valence-electron chi connectivity index (χ1n) is 12.9. The second-order valence-corrected chi connectivity index (χ2v) is 10.2. The average molecular weight is 505 g/mol. The molecule has 0 saturated heterocycles. The van der Waals surface area contributed by atoms with Crippen LogP contribution in [0.15, 0.2) is 65.9 Å². The van der Waals surface area contributed by atoms with Crippen LogP contribution in [-0.4, -0.2) is 52.8 Å². The number of rotatable bonds is 9. The number of hydrogen-bond acceptors (Lipinski definition) is 4. The van der Waals surface area contributed by atoms with E-state index in [0.29, 0.717) is 35.7 Å². The zero-order chi connectivity index (χ0) is 26.7. The van der Waals surface area contributed by atoms with Gasteiger partial charge in [-0.2, -0.15) is 0 Å². The molecule has 4 rings (SSSR count). The molecule has 2 aromatic carbocycles. The monoisotopic (exact) mass is 504 g/mol. The fourth-order valence-corrected chi connectivity index (χ4v) is 4.93. The number of urea groups is 1. The Bertz CT molecular complexity index is 1190. The van der Waals surface area contributed by atoms with Gasteiger partial charge in [-0.05, 0) is 62.9 Å². The van der Waals surface area contributed by atoms with Crippen LogP contribution >= 0.6 is 0 Å². The van der Waals surface area contributed by atoms with E-state index in [0.717, 1.165) is 5.56 Å². The Labute approximate surface area is 218 Å². The lowest BCUT2D eigenvalue weighted by Gasteiger charge is -2.33. The predicted octanol–water partition coefficient (Wildman–Crippen LogP) is 4.60. The summed E-state index contributed by atoms with van der Waals surface area (Å²) in [6.07, 6.45) is 0.531. The van der Waals surface area contributed by atoms with Gasteiger partial charge >= 0.3 is 6.03 Å². The molecule has 2 atom stereocenters. The van der Waals surface area contributed by atoms with Crippen molar-refractivity contribution in [1.29, 1.82) is 0 Å². The number of carbonyl (C=O) groups is 3. The number of carbonyl (C=O) groups excluding carboxylic acids is 3. The van der Waals surface area contributed by atoms with Gasteiger partial charge in [0.25, 0.3) is 5.91 Å². The van der Waals surface area contributed by atoms with Crippen molar-refractivity contribution in [2.24, 2.45) is 5.92 Å². The topological polar surface area (TPSA) is 91.0 Å². The average Bonchev–Trinajstić information content (AvgIpc) is 3.19. The van der Waals surface area contributed by atoms with Crippen LogP contribution in [-0.2, 0) is 9.59 Å². The van der Waals surface area contributed by atoms with E-state index in [1.165, 1.54) is 0 Å². The number of nitrogens with one attached hydrogen (secondary N) is 2. The highest BCUT2D eigenvalue weighted by Crippen LogP contribution is 2.38. The fraction of sp³-hybridized carbons (Fsp3) is 0.414. The Morgan fingerprint density at radius 3 is 2.41 bits per heavy atom. The summed E-state index contributed by atoms with van der Waals surface area (Å²) in [7, 11) is 0. The molecule has 8 heteroatoms. The van der Waals surface area contributed by atoms with Gasteiger partial charge in [0.15, 0.2) is 0 Å². The van der Waals surface area contributed by atoms with Gasteiger partial charge in [0.05, 0.1) is 23.9 Å². The first-order valence-corrected chi connectivity index (χ1v) is 12.9. The van der Waals surface area contributed by atoms with Crippen molar-refractivity contribution in [2.75, 3.05) is 13.1 Å². The molecule has 2 heterocycles. The van der Waals surface area contributed by atoms with Gasteiger partial charge in [-0.3, -0.25) is 14.5 Å². The molecule has 0 fully saturated rings. The Morgan fingerprint density at radius 1 is 1.05 bits per heavy atom. The van der Waals surface area contributed by atoms with Crippen LogP contribution in [0.3, 0.4) is 0 Å². The molecule has 2 unspecified atom stereocenters. The number of ether oxygens (including phenoxy) is 1. The normalized spacial score (nSPS) is 18.3. The van der Waals surface area contributed by atoms with Crippen molar-refractivity contribution >= 4 is 17.8 Å². The largest absolute Gasteiger partial charge is 0.457 e. The number of nitrogens with zero attached hydrogens (tertiary/aromatic N) is 2. The van der Waals surface area contributed by atoms with Crippen molar-refractivity contribution in [3.63, 3.8) is 0 Å². The maximum atomic E-state index is 14.0. The Kier molecular flexibility index (Phi) is 7.86. The third-order valence-electron chi connectivity index (χ3n) is 6.54. The lowest BCUT2D eigenvalue weighted by molar-refractivity contribution is -0.137. The number of benzene rings is 2. The highest BCUT2D eigenvalue weighted by Gasteiger charge is 2.47. The maximum Gasteiger partial charge on any atom is 0.322 e. The molecule has 196 valence electrons. The molecular weight excluding hydrogens is 468 g/mol. The molecule has 0 aromatic heterocycles. The van der Waals surface area contributed by atoms with E-state index < -0.39 is 12.1 Å². The summed E-state index contributed by atoms with van der Waals surface area (Å²) in [6, 6.07) is 15.3. The lowest BCUT2D eigenvalue weighted by atomic mass is 9.95. The lowest BCUT2D eigenvalue weighted by Crippen LogP contribution is -2.50. The van der Waals surface area contributed by atoms with Crippen LogP contribution in [0.1, 0.15) is 52.6 Å². The van der Waals surface area contributed by atoms with E-state index in [1.807, 2.05) is 89.2 Å². The van der Waals surface area contributed by atoms with E-state index in [-0.39, 0.29) is 36.3 Å². The number of hydrogen-bond donors (Lipinski definition) is 2. The molecule has 8 nitrogen and oxygen atoms in total. The molecule has 0 aliphatic carbocycles. The standard InChI is InChI=1S/C29H36N4O4/c1-6-32-24-17-33(23(15-18(2)3)27(34)30-19(4)5)28(35)25(24)26(31-29(32)36)20-11-10-14-22(16-20)37-21-12-8-7-9-13-21/h7-14,16,18-19,23,26H,6,15,17H2,1-5H3,(H,30,34)(H,31,36). The Morgan fingerprint density at radius 2 is 1.76 bits per heavy atom. The number of para-hydroxylation sites is 1. The van der Waals surface area contributed by atoms with Crippen LogP contribution in [0, 0.1) is 5.92 Å². The van der Waals surface area contributed by atoms with Crippen molar-refractivity contribution < 1.29 is 19.1 Å². The molecular formula is C29H36N4O4. The third kappa shape index (κ3) is 5.63. The van der Waals surface area contributed by atoms with Gasteiger partial charge in [0, 0.05) is 12.6 Å². The summed E-state index contributed by atoms with van der Waals surface area (Å²) >= 11 is 0. The molecule has 37 heavy (non-hydrogen) atoms. The van der Waals surface area contributed by atoms with Crippen molar-refractivity contribution in [2.45, 2.75) is 59.2 Å². The van der Waals surface area contributed by atoms with Gasteiger partial charge < -0.3 is 20.3 Å². The van der Waals surface area contributed by atoms with E-state index in [9.17, 15) is 14.4 Å². The van der Waals surface area contributed by atoms with Crippen molar-refractivity contribution in [1.82, 2.24) is 20.4 Å². The summed E-state index contributed by atoms with van der Waals surface area (Å²) in [5, 5.41) is 5.98. The van der Waals surface area contributed by atoms with Crippen LogP contribution in [0.25, 0.3) is 0 Å². The molecule has 2 aliphatic heterocycles. The molecule has 2 aromatic rings. The minimum Gasteiger partial charge on any atom is -0.457 e. The Balaban J connectivity index is 1.69. The van der Waals surface area contributed by atoms with Gasteiger partial charge in [-0.1, -0.05) is 44.2 Å². The number of amides is 4. The molecule has 2 N–H and O–H groups in total. The highest BCUT2D eigenvalue weighted by atomic mass is 16.5. The van der Waals surface area contributed by atoms with Crippen LogP contribution in [0.2, 0.25) is 0 Å². The molecule has 0 bridgehead atoms. The summed E-state index contributed by atoms with van der Waals surface area (Å²) < 4.78 is 6.00. The minimum absolute atomic E-state index is 0.0436. The van der Waals surface area contributed by atoms with E-state index >= 15 is 0 Å². The zero-order valence-electron chi connectivity index (χ0n) is 22.2. The molecule has 2 aliphatic rings. The Hall–Kier alpha value is -3.81. The summed E-state index contributed by atoms with van der Waals surface area (Å²) in [4.78, 5) is 43.5. The van der Waals surface area contributed by atoms with E-state index in [1.54, 1.807) is 9.80 Å². The van der Waals surface area contributed by atoms with Gasteiger partial charge in [0.1, 0.15) is 17.5 Å². The number of likely N-dealkylation sites (N-methyl/N-ethyl adjacent to an activating group) is 1. The van der Waals surface area contributed by atoms with E-state index in [4.69, 9.17) is 4.74 Å². The van der Waals surface area contributed by atoms with Crippen molar-refractivity contribution in [3.05, 3.63) is 71.4 Å². The minimum atomic E-state index is -0.644.